The molecule has 0 bridgehead atoms. The lowest BCUT2D eigenvalue weighted by atomic mass is 10.2. The number of carboxylic acid groups (broad SMARTS) is 1. The summed E-state index contributed by atoms with van der Waals surface area (Å²) in [5, 5.41) is 9.13. The van der Waals surface area contributed by atoms with Crippen LogP contribution in [0.4, 0.5) is 0 Å². The van der Waals surface area contributed by atoms with Crippen molar-refractivity contribution in [1.29, 1.82) is 0 Å². The van der Waals surface area contributed by atoms with Gasteiger partial charge < -0.3 is 9.67 Å². The molecule has 6 nitrogen and oxygen atoms in total. The molecule has 0 radical (unpaired) electrons. The summed E-state index contributed by atoms with van der Waals surface area (Å²) in [7, 11) is -3.67. The largest absolute Gasteiger partial charge is 0.477 e. The highest BCUT2D eigenvalue weighted by Gasteiger charge is 2.48. The molecule has 2 N–H and O–H groups in total. The van der Waals surface area contributed by atoms with Gasteiger partial charge in [0.1, 0.15) is 10.6 Å². The van der Waals surface area contributed by atoms with E-state index in [2.05, 4.69) is 4.72 Å². The van der Waals surface area contributed by atoms with E-state index in [1.165, 1.54) is 16.8 Å². The molecule has 1 aliphatic carbocycles. The maximum atomic E-state index is 12.3. The van der Waals surface area contributed by atoms with Crippen molar-refractivity contribution in [2.24, 2.45) is 5.41 Å². The predicted molar refractivity (Wildman–Crippen MR) is 74.3 cm³/mol. The standard InChI is InChI=1S/C13H20N2O4S/c1-8(2)15-7-9(5-10(15)12(16)17)20(18,19)14-11-6-13(11,3)4/h5,7-8,11,14H,6H2,1-4H3,(H,16,17). The van der Waals surface area contributed by atoms with Gasteiger partial charge in [-0.15, -0.1) is 0 Å². The highest BCUT2D eigenvalue weighted by molar-refractivity contribution is 7.89. The number of aromatic carboxylic acids is 1. The number of carboxylic acids is 1. The summed E-state index contributed by atoms with van der Waals surface area (Å²) in [6.45, 7) is 7.59. The fourth-order valence-corrected chi connectivity index (χ4v) is 3.56. The summed E-state index contributed by atoms with van der Waals surface area (Å²) in [6, 6.07) is 1.01. The molecule has 0 spiro atoms. The van der Waals surface area contributed by atoms with Gasteiger partial charge in [-0.3, -0.25) is 0 Å². The van der Waals surface area contributed by atoms with Crippen LogP contribution in [0.1, 0.15) is 50.6 Å². The predicted octanol–water partition coefficient (Wildman–Crippen LogP) is 1.84. The Kier molecular flexibility index (Phi) is 3.46. The second kappa shape index (κ2) is 4.60. The lowest BCUT2D eigenvalue weighted by Gasteiger charge is -2.09. The normalized spacial score (nSPS) is 21.1. The van der Waals surface area contributed by atoms with Crippen LogP contribution >= 0.6 is 0 Å². The van der Waals surface area contributed by atoms with Crippen molar-refractivity contribution in [1.82, 2.24) is 9.29 Å². The molecule has 1 fully saturated rings. The number of sulfonamides is 1. The molecule has 1 unspecified atom stereocenters. The molecule has 1 aromatic rings. The molecular formula is C13H20N2O4S. The molecule has 1 heterocycles. The first-order valence-corrected chi connectivity index (χ1v) is 8.00. The summed E-state index contributed by atoms with van der Waals surface area (Å²) in [6.07, 6.45) is 2.18. The number of nitrogens with zero attached hydrogens (tertiary/aromatic N) is 1. The Morgan fingerprint density at radius 2 is 2.05 bits per heavy atom. The van der Waals surface area contributed by atoms with Gasteiger partial charge in [-0.1, -0.05) is 13.8 Å². The summed E-state index contributed by atoms with van der Waals surface area (Å²) in [4.78, 5) is 11.2. The van der Waals surface area contributed by atoms with E-state index in [-0.39, 0.29) is 28.1 Å². The molecule has 1 aromatic heterocycles. The SMILES string of the molecule is CC(C)n1cc(S(=O)(=O)NC2CC2(C)C)cc1C(=O)O. The van der Waals surface area contributed by atoms with Crippen molar-refractivity contribution >= 4 is 16.0 Å². The Labute approximate surface area is 118 Å². The monoisotopic (exact) mass is 300 g/mol. The van der Waals surface area contributed by atoms with Gasteiger partial charge in [0.05, 0.1) is 0 Å². The van der Waals surface area contributed by atoms with Crippen LogP contribution in [0.15, 0.2) is 17.2 Å². The molecule has 1 saturated carbocycles. The van der Waals surface area contributed by atoms with Crippen molar-refractivity contribution in [3.63, 3.8) is 0 Å². The number of nitrogens with one attached hydrogen (secondary N) is 1. The maximum Gasteiger partial charge on any atom is 0.352 e. The third-order valence-electron chi connectivity index (χ3n) is 3.72. The van der Waals surface area contributed by atoms with Crippen LogP contribution in [0.3, 0.4) is 0 Å². The Morgan fingerprint density at radius 1 is 1.50 bits per heavy atom. The van der Waals surface area contributed by atoms with Crippen molar-refractivity contribution in [2.45, 2.75) is 51.1 Å². The van der Waals surface area contributed by atoms with E-state index in [9.17, 15) is 13.2 Å². The maximum absolute atomic E-state index is 12.3. The molecule has 0 aliphatic heterocycles. The van der Waals surface area contributed by atoms with Crippen LogP contribution in [-0.2, 0) is 10.0 Å². The Hall–Kier alpha value is -1.34. The molecule has 0 amide bonds. The Balaban J connectivity index is 2.33. The Bertz CT molecular complexity index is 643. The highest BCUT2D eigenvalue weighted by Crippen LogP contribution is 2.45. The van der Waals surface area contributed by atoms with Crippen LogP contribution in [-0.4, -0.2) is 30.1 Å². The number of rotatable bonds is 5. The van der Waals surface area contributed by atoms with Gasteiger partial charge in [-0.25, -0.2) is 17.9 Å². The van der Waals surface area contributed by atoms with Gasteiger partial charge in [0.25, 0.3) is 0 Å². The third kappa shape index (κ3) is 2.73. The highest BCUT2D eigenvalue weighted by atomic mass is 32.2. The number of carbonyl (C=O) groups is 1. The van der Waals surface area contributed by atoms with Crippen molar-refractivity contribution < 1.29 is 18.3 Å². The summed E-state index contributed by atoms with van der Waals surface area (Å²) in [5.74, 6) is -1.13. The molecular weight excluding hydrogens is 280 g/mol. The first kappa shape index (κ1) is 15.1. The average Bonchev–Trinajstić information content (AvgIpc) is 2.77. The zero-order valence-corrected chi connectivity index (χ0v) is 12.9. The summed E-state index contributed by atoms with van der Waals surface area (Å²) in [5.41, 5.74) is -0.0426. The van der Waals surface area contributed by atoms with Crippen LogP contribution < -0.4 is 4.72 Å². The fraction of sp³-hybridized carbons (Fsp3) is 0.615. The minimum atomic E-state index is -3.67. The zero-order valence-electron chi connectivity index (χ0n) is 12.0. The van der Waals surface area contributed by atoms with Gasteiger partial charge in [0, 0.05) is 18.3 Å². The van der Waals surface area contributed by atoms with Gasteiger partial charge >= 0.3 is 5.97 Å². The first-order valence-electron chi connectivity index (χ1n) is 6.52. The number of hydrogen-bond donors (Lipinski definition) is 2. The molecule has 20 heavy (non-hydrogen) atoms. The molecule has 2 rings (SSSR count). The van der Waals surface area contributed by atoms with E-state index < -0.39 is 16.0 Å². The van der Waals surface area contributed by atoms with Crippen molar-refractivity contribution in [2.75, 3.05) is 0 Å². The second-order valence-corrected chi connectivity index (χ2v) is 7.95. The topological polar surface area (TPSA) is 88.4 Å². The minimum Gasteiger partial charge on any atom is -0.477 e. The van der Waals surface area contributed by atoms with Gasteiger partial charge in [-0.2, -0.15) is 0 Å². The molecule has 112 valence electrons. The number of aromatic nitrogens is 1. The van der Waals surface area contributed by atoms with Crippen LogP contribution in [0.5, 0.6) is 0 Å². The lowest BCUT2D eigenvalue weighted by molar-refractivity contribution is 0.0683. The fourth-order valence-electron chi connectivity index (χ4n) is 2.12. The minimum absolute atomic E-state index is 0.00583. The van der Waals surface area contributed by atoms with E-state index in [1.54, 1.807) is 13.8 Å². The van der Waals surface area contributed by atoms with E-state index in [0.717, 1.165) is 6.42 Å². The van der Waals surface area contributed by atoms with E-state index in [1.807, 2.05) is 13.8 Å². The van der Waals surface area contributed by atoms with Crippen LogP contribution in [0.25, 0.3) is 0 Å². The molecule has 0 aromatic carbocycles. The molecule has 7 heteroatoms. The molecule has 0 saturated heterocycles. The van der Waals surface area contributed by atoms with E-state index in [4.69, 9.17) is 5.11 Å². The molecule has 1 aliphatic rings. The van der Waals surface area contributed by atoms with E-state index >= 15 is 0 Å². The van der Waals surface area contributed by atoms with Gasteiger partial charge in [0.2, 0.25) is 10.0 Å². The molecule has 1 atom stereocenters. The smallest absolute Gasteiger partial charge is 0.352 e. The summed E-state index contributed by atoms with van der Waals surface area (Å²) >= 11 is 0. The van der Waals surface area contributed by atoms with Crippen LogP contribution in [0, 0.1) is 5.41 Å². The van der Waals surface area contributed by atoms with E-state index in [0.29, 0.717) is 0 Å². The quantitative estimate of drug-likeness (QED) is 0.868. The average molecular weight is 300 g/mol. The second-order valence-electron chi connectivity index (χ2n) is 6.23. The first-order chi connectivity index (χ1) is 9.04. The zero-order chi connectivity index (χ0) is 15.3. The Morgan fingerprint density at radius 3 is 2.40 bits per heavy atom. The third-order valence-corrected chi connectivity index (χ3v) is 5.16. The van der Waals surface area contributed by atoms with Crippen LogP contribution in [0.2, 0.25) is 0 Å². The lowest BCUT2D eigenvalue weighted by Crippen LogP contribution is -2.28. The number of hydrogen-bond acceptors (Lipinski definition) is 3. The van der Waals surface area contributed by atoms with Crippen molar-refractivity contribution in [3.8, 4) is 0 Å². The van der Waals surface area contributed by atoms with Gasteiger partial charge in [-0.05, 0) is 31.7 Å². The summed E-state index contributed by atoms with van der Waals surface area (Å²) < 4.78 is 28.6. The van der Waals surface area contributed by atoms with Crippen molar-refractivity contribution in [3.05, 3.63) is 18.0 Å². The van der Waals surface area contributed by atoms with Gasteiger partial charge in [0.15, 0.2) is 0 Å².